The second-order valence-electron chi connectivity index (χ2n) is 8.64. The normalized spacial score (nSPS) is 14.6. The summed E-state index contributed by atoms with van der Waals surface area (Å²) in [7, 11) is 0. The fourth-order valence-corrected chi connectivity index (χ4v) is 5.06. The molecule has 9 heteroatoms. The van der Waals surface area contributed by atoms with Crippen molar-refractivity contribution < 1.29 is 9.59 Å². The molecule has 0 radical (unpaired) electrons. The first kappa shape index (κ1) is 24.8. The number of aromatic nitrogens is 3. The number of amides is 2. The van der Waals surface area contributed by atoms with E-state index in [4.69, 9.17) is 0 Å². The number of aryl methyl sites for hydroxylation is 1. The number of anilines is 1. The number of carbonyl (C=O) groups excluding carboxylic acids is 2. The van der Waals surface area contributed by atoms with Crippen molar-refractivity contribution in [2.24, 2.45) is 0 Å². The topological polar surface area (TPSA) is 83.4 Å². The molecule has 2 aromatic carbocycles. The van der Waals surface area contributed by atoms with E-state index in [1.54, 1.807) is 0 Å². The van der Waals surface area contributed by atoms with E-state index < -0.39 is 0 Å². The molecule has 184 valence electrons. The zero-order valence-electron chi connectivity index (χ0n) is 20.5. The molecule has 1 N–H and O–H groups in total. The van der Waals surface area contributed by atoms with E-state index in [-0.39, 0.29) is 17.9 Å². The molecule has 1 saturated heterocycles. The number of piperazine rings is 1. The Balaban J connectivity index is 1.31. The van der Waals surface area contributed by atoms with Crippen molar-refractivity contribution in [3.8, 4) is 0 Å². The Bertz CT molecular complexity index is 1140. The van der Waals surface area contributed by atoms with Crippen molar-refractivity contribution >= 4 is 29.3 Å². The van der Waals surface area contributed by atoms with Crippen molar-refractivity contribution in [3.63, 3.8) is 0 Å². The minimum Gasteiger partial charge on any atom is -0.368 e. The van der Waals surface area contributed by atoms with Crippen LogP contribution in [0.1, 0.15) is 41.6 Å². The summed E-state index contributed by atoms with van der Waals surface area (Å²) in [5.74, 6) is 0.949. The highest BCUT2D eigenvalue weighted by atomic mass is 32.2. The van der Waals surface area contributed by atoms with Gasteiger partial charge in [-0.25, -0.2) is 0 Å². The minimum absolute atomic E-state index is 0.107. The van der Waals surface area contributed by atoms with Crippen LogP contribution >= 0.6 is 11.8 Å². The van der Waals surface area contributed by atoms with E-state index in [9.17, 15) is 9.59 Å². The average Bonchev–Trinajstić information content (AvgIpc) is 3.31. The molecule has 1 atom stereocenters. The van der Waals surface area contributed by atoms with Crippen LogP contribution in [0.25, 0.3) is 0 Å². The van der Waals surface area contributed by atoms with Gasteiger partial charge in [-0.1, -0.05) is 47.7 Å². The van der Waals surface area contributed by atoms with Gasteiger partial charge in [-0.2, -0.15) is 0 Å². The number of nitrogens with zero attached hydrogens (tertiary/aromatic N) is 5. The Labute approximate surface area is 210 Å². The Hall–Kier alpha value is -3.33. The van der Waals surface area contributed by atoms with Crippen molar-refractivity contribution in [1.82, 2.24) is 25.0 Å². The minimum atomic E-state index is -0.313. The third-order valence-corrected chi connectivity index (χ3v) is 7.14. The van der Waals surface area contributed by atoms with Crippen molar-refractivity contribution in [1.29, 1.82) is 0 Å². The molecule has 2 amide bonds. The van der Waals surface area contributed by atoms with Gasteiger partial charge in [-0.15, -0.1) is 10.2 Å². The Kier molecular flexibility index (Phi) is 8.07. The molecule has 1 fully saturated rings. The van der Waals surface area contributed by atoms with Gasteiger partial charge in [0.2, 0.25) is 5.91 Å². The first-order chi connectivity index (χ1) is 17.0. The lowest BCUT2D eigenvalue weighted by molar-refractivity contribution is -0.128. The molecule has 1 aliphatic rings. The quantitative estimate of drug-likeness (QED) is 0.485. The molecule has 0 saturated carbocycles. The van der Waals surface area contributed by atoms with Gasteiger partial charge >= 0.3 is 0 Å². The standard InChI is InChI=1S/C26H32N6O2S/c1-4-32-24(20(3)27-25(34)21-12-10-19(2)11-13-21)28-29-26(32)35-18-23(33)31-16-14-30(15-17-31)22-8-6-5-7-9-22/h5-13,20H,4,14-18H2,1-3H3,(H,27,34). The fraction of sp³-hybridized carbons (Fsp3) is 0.385. The van der Waals surface area contributed by atoms with Crippen LogP contribution in [0.2, 0.25) is 0 Å². The number of hydrogen-bond acceptors (Lipinski definition) is 6. The van der Waals surface area contributed by atoms with E-state index in [2.05, 4.69) is 32.5 Å². The summed E-state index contributed by atoms with van der Waals surface area (Å²) in [5, 5.41) is 12.3. The first-order valence-corrected chi connectivity index (χ1v) is 13.0. The van der Waals surface area contributed by atoms with E-state index in [0.29, 0.717) is 41.9 Å². The van der Waals surface area contributed by atoms with Crippen LogP contribution in [0, 0.1) is 6.92 Å². The van der Waals surface area contributed by atoms with Crippen LogP contribution in [-0.4, -0.2) is 63.4 Å². The lowest BCUT2D eigenvalue weighted by Gasteiger charge is -2.36. The number of hydrogen-bond donors (Lipinski definition) is 1. The molecule has 1 aliphatic heterocycles. The molecule has 3 aromatic rings. The van der Waals surface area contributed by atoms with Gasteiger partial charge in [0.1, 0.15) is 0 Å². The summed E-state index contributed by atoms with van der Waals surface area (Å²) >= 11 is 1.40. The molecular formula is C26H32N6O2S. The maximum absolute atomic E-state index is 12.9. The van der Waals surface area contributed by atoms with Gasteiger partial charge in [0.15, 0.2) is 11.0 Å². The lowest BCUT2D eigenvalue weighted by atomic mass is 10.1. The molecule has 35 heavy (non-hydrogen) atoms. The molecular weight excluding hydrogens is 460 g/mol. The van der Waals surface area contributed by atoms with Gasteiger partial charge in [0, 0.05) is 44.0 Å². The predicted molar refractivity (Wildman–Crippen MR) is 139 cm³/mol. The van der Waals surface area contributed by atoms with Gasteiger partial charge in [0.25, 0.3) is 5.91 Å². The van der Waals surface area contributed by atoms with Gasteiger partial charge < -0.3 is 19.7 Å². The largest absolute Gasteiger partial charge is 0.368 e. The SMILES string of the molecule is CCn1c(SCC(=O)N2CCN(c3ccccc3)CC2)nnc1C(C)NC(=O)c1ccc(C)cc1. The Morgan fingerprint density at radius 2 is 1.69 bits per heavy atom. The molecule has 1 unspecified atom stereocenters. The summed E-state index contributed by atoms with van der Waals surface area (Å²) in [5.41, 5.74) is 2.91. The second kappa shape index (κ2) is 11.4. The third-order valence-electron chi connectivity index (χ3n) is 6.19. The number of thioether (sulfide) groups is 1. The van der Waals surface area contributed by atoms with E-state index in [1.807, 2.05) is 72.7 Å². The summed E-state index contributed by atoms with van der Waals surface area (Å²) < 4.78 is 1.96. The number of para-hydroxylation sites is 1. The number of carbonyl (C=O) groups is 2. The zero-order chi connectivity index (χ0) is 24.8. The van der Waals surface area contributed by atoms with Crippen LogP contribution in [0.15, 0.2) is 59.8 Å². The maximum atomic E-state index is 12.9. The summed E-state index contributed by atoms with van der Waals surface area (Å²) in [6.45, 7) is 9.62. The van der Waals surface area contributed by atoms with E-state index >= 15 is 0 Å². The summed E-state index contributed by atoms with van der Waals surface area (Å²) in [6.07, 6.45) is 0. The zero-order valence-corrected chi connectivity index (χ0v) is 21.3. The number of nitrogens with one attached hydrogen (secondary N) is 1. The monoisotopic (exact) mass is 492 g/mol. The number of benzene rings is 2. The van der Waals surface area contributed by atoms with E-state index in [0.717, 1.165) is 18.7 Å². The molecule has 0 bridgehead atoms. The summed E-state index contributed by atoms with van der Waals surface area (Å²) in [6, 6.07) is 17.4. The molecule has 1 aromatic heterocycles. The Morgan fingerprint density at radius 3 is 2.34 bits per heavy atom. The Morgan fingerprint density at radius 1 is 1.00 bits per heavy atom. The summed E-state index contributed by atoms with van der Waals surface area (Å²) in [4.78, 5) is 29.7. The van der Waals surface area contributed by atoms with Crippen LogP contribution in [0.4, 0.5) is 5.69 Å². The molecule has 0 aliphatic carbocycles. The van der Waals surface area contributed by atoms with Crippen molar-refractivity contribution in [2.75, 3.05) is 36.8 Å². The fourth-order valence-electron chi connectivity index (χ4n) is 4.14. The first-order valence-electron chi connectivity index (χ1n) is 12.0. The average molecular weight is 493 g/mol. The van der Waals surface area contributed by atoms with Crippen molar-refractivity contribution in [3.05, 3.63) is 71.5 Å². The second-order valence-corrected chi connectivity index (χ2v) is 9.58. The van der Waals surface area contributed by atoms with Crippen LogP contribution in [0.5, 0.6) is 0 Å². The lowest BCUT2D eigenvalue weighted by Crippen LogP contribution is -2.49. The van der Waals surface area contributed by atoms with Crippen LogP contribution in [0.3, 0.4) is 0 Å². The van der Waals surface area contributed by atoms with E-state index in [1.165, 1.54) is 17.4 Å². The predicted octanol–water partition coefficient (Wildman–Crippen LogP) is 3.54. The molecule has 2 heterocycles. The third kappa shape index (κ3) is 6.03. The van der Waals surface area contributed by atoms with Crippen molar-refractivity contribution in [2.45, 2.75) is 38.5 Å². The molecule has 4 rings (SSSR count). The highest BCUT2D eigenvalue weighted by molar-refractivity contribution is 7.99. The number of rotatable bonds is 8. The molecule has 8 nitrogen and oxygen atoms in total. The van der Waals surface area contributed by atoms with Gasteiger partial charge in [-0.05, 0) is 45.0 Å². The van der Waals surface area contributed by atoms with Crippen LogP contribution < -0.4 is 10.2 Å². The molecule has 0 spiro atoms. The maximum Gasteiger partial charge on any atom is 0.251 e. The van der Waals surface area contributed by atoms with Gasteiger partial charge in [0.05, 0.1) is 11.8 Å². The van der Waals surface area contributed by atoms with Gasteiger partial charge in [-0.3, -0.25) is 9.59 Å². The highest BCUT2D eigenvalue weighted by Crippen LogP contribution is 2.22. The smallest absolute Gasteiger partial charge is 0.251 e. The highest BCUT2D eigenvalue weighted by Gasteiger charge is 2.23. The van der Waals surface area contributed by atoms with Crippen LogP contribution in [-0.2, 0) is 11.3 Å².